The zero-order valence-electron chi connectivity index (χ0n) is 21.9. The van der Waals surface area contributed by atoms with Gasteiger partial charge in [0.15, 0.2) is 0 Å². The highest BCUT2D eigenvalue weighted by atomic mass is 16.2. The van der Waals surface area contributed by atoms with Crippen molar-refractivity contribution in [1.82, 2.24) is 34.3 Å². The third-order valence-corrected chi connectivity index (χ3v) is 8.40. The van der Waals surface area contributed by atoms with Crippen molar-refractivity contribution in [3.63, 3.8) is 0 Å². The standard InChI is InChI=1S/C28H31N9O2/c1-17-23(9-19(10-29-17)33-27(38)16-35-14-18-5-6-20(35)8-18)34-28(39)22-12-32-37-15-24(30-13-26(22)37)21-11-31-36-7-3-2-4-25(21)36/h9-13,15,18,20H,2-8,14,16H2,1H3,(H,33,38)(H,34,39)/t18-,20+/m1/s1. The summed E-state index contributed by atoms with van der Waals surface area (Å²) >= 11 is 0. The molecule has 2 N–H and O–H groups in total. The van der Waals surface area contributed by atoms with E-state index < -0.39 is 0 Å². The molecule has 11 nitrogen and oxygen atoms in total. The molecule has 4 aromatic heterocycles. The van der Waals surface area contributed by atoms with E-state index in [0.29, 0.717) is 40.7 Å². The molecule has 3 aliphatic rings. The summed E-state index contributed by atoms with van der Waals surface area (Å²) in [4.78, 5) is 37.3. The van der Waals surface area contributed by atoms with Crippen molar-refractivity contribution in [2.45, 2.75) is 58.0 Å². The molecule has 1 saturated heterocycles. The Balaban J connectivity index is 1.06. The highest BCUT2D eigenvalue weighted by molar-refractivity contribution is 6.09. The third-order valence-electron chi connectivity index (χ3n) is 8.40. The van der Waals surface area contributed by atoms with Crippen molar-refractivity contribution < 1.29 is 9.59 Å². The predicted molar refractivity (Wildman–Crippen MR) is 145 cm³/mol. The number of fused-ring (bicyclic) bond motifs is 4. The quantitative estimate of drug-likeness (QED) is 0.396. The van der Waals surface area contributed by atoms with Crippen molar-refractivity contribution in [2.75, 3.05) is 23.7 Å². The normalized spacial score (nSPS) is 20.3. The summed E-state index contributed by atoms with van der Waals surface area (Å²) in [5.74, 6) is 0.363. The van der Waals surface area contributed by atoms with E-state index in [1.165, 1.54) is 25.0 Å². The van der Waals surface area contributed by atoms with E-state index in [-0.39, 0.29) is 11.8 Å². The van der Waals surface area contributed by atoms with E-state index >= 15 is 0 Å². The first-order valence-electron chi connectivity index (χ1n) is 13.7. The molecule has 1 aliphatic carbocycles. The number of piperidine rings is 1. The molecule has 1 saturated carbocycles. The summed E-state index contributed by atoms with van der Waals surface area (Å²) in [6, 6.07) is 2.29. The number of hydrogen-bond acceptors (Lipinski definition) is 7. The van der Waals surface area contributed by atoms with Crippen LogP contribution in [0.4, 0.5) is 11.4 Å². The lowest BCUT2D eigenvalue weighted by molar-refractivity contribution is -0.117. The van der Waals surface area contributed by atoms with Gasteiger partial charge in [0, 0.05) is 30.4 Å². The van der Waals surface area contributed by atoms with E-state index in [9.17, 15) is 9.59 Å². The smallest absolute Gasteiger partial charge is 0.259 e. The van der Waals surface area contributed by atoms with Crippen molar-refractivity contribution >= 4 is 28.7 Å². The number of aromatic nitrogens is 6. The van der Waals surface area contributed by atoms with Gasteiger partial charge in [-0.2, -0.15) is 10.2 Å². The number of carbonyl (C=O) groups is 2. The maximum atomic E-state index is 13.3. The van der Waals surface area contributed by atoms with Crippen LogP contribution in [-0.4, -0.2) is 65.2 Å². The molecule has 0 radical (unpaired) electrons. The number of hydrogen-bond donors (Lipinski definition) is 2. The number of amides is 2. The van der Waals surface area contributed by atoms with Crippen LogP contribution in [0, 0.1) is 12.8 Å². The Hall–Kier alpha value is -4.12. The second-order valence-corrected chi connectivity index (χ2v) is 11.0. The average molecular weight is 526 g/mol. The van der Waals surface area contributed by atoms with E-state index in [0.717, 1.165) is 49.5 Å². The van der Waals surface area contributed by atoms with Gasteiger partial charge in [0.05, 0.1) is 71.4 Å². The van der Waals surface area contributed by atoms with Crippen molar-refractivity contribution in [2.24, 2.45) is 5.92 Å². The van der Waals surface area contributed by atoms with Gasteiger partial charge >= 0.3 is 0 Å². The summed E-state index contributed by atoms with van der Waals surface area (Å²) in [5.41, 5.74) is 5.74. The minimum atomic E-state index is -0.316. The molecule has 2 aliphatic heterocycles. The van der Waals surface area contributed by atoms with Crippen LogP contribution in [0.2, 0.25) is 0 Å². The van der Waals surface area contributed by atoms with E-state index in [1.54, 1.807) is 29.2 Å². The zero-order chi connectivity index (χ0) is 26.5. The second kappa shape index (κ2) is 9.57. The minimum absolute atomic E-state index is 0.0605. The lowest BCUT2D eigenvalue weighted by atomic mass is 10.1. The van der Waals surface area contributed by atoms with Gasteiger partial charge in [0.2, 0.25) is 5.91 Å². The Morgan fingerprint density at radius 2 is 1.97 bits per heavy atom. The molecule has 0 spiro atoms. The highest BCUT2D eigenvalue weighted by Gasteiger charge is 2.38. The predicted octanol–water partition coefficient (Wildman–Crippen LogP) is 3.31. The van der Waals surface area contributed by atoms with Crippen LogP contribution in [0.5, 0.6) is 0 Å². The van der Waals surface area contributed by atoms with Crippen LogP contribution in [0.1, 0.15) is 53.8 Å². The maximum Gasteiger partial charge on any atom is 0.259 e. The molecule has 2 atom stereocenters. The van der Waals surface area contributed by atoms with Gasteiger partial charge in [0.1, 0.15) is 0 Å². The number of rotatable bonds is 6. The maximum absolute atomic E-state index is 13.3. The van der Waals surface area contributed by atoms with Gasteiger partial charge in [0.25, 0.3) is 5.91 Å². The first-order chi connectivity index (χ1) is 19.0. The first-order valence-corrected chi connectivity index (χ1v) is 13.7. The van der Waals surface area contributed by atoms with Crippen LogP contribution < -0.4 is 10.6 Å². The molecular weight excluding hydrogens is 494 g/mol. The van der Waals surface area contributed by atoms with E-state index in [2.05, 4.69) is 40.4 Å². The topological polar surface area (TPSA) is 122 Å². The van der Waals surface area contributed by atoms with Crippen LogP contribution in [-0.2, 0) is 17.8 Å². The van der Waals surface area contributed by atoms with Crippen LogP contribution in [0.3, 0.4) is 0 Å². The lowest BCUT2D eigenvalue weighted by Gasteiger charge is -2.25. The fourth-order valence-electron chi connectivity index (χ4n) is 6.36. The van der Waals surface area contributed by atoms with Crippen LogP contribution >= 0.6 is 0 Å². The molecule has 2 fully saturated rings. The largest absolute Gasteiger partial charge is 0.324 e. The first kappa shape index (κ1) is 24.0. The molecular formula is C28H31N9O2. The lowest BCUT2D eigenvalue weighted by Crippen LogP contribution is -2.38. The molecule has 0 unspecified atom stereocenters. The Kier molecular flexibility index (Phi) is 5.88. The highest BCUT2D eigenvalue weighted by Crippen LogP contribution is 2.37. The molecule has 39 heavy (non-hydrogen) atoms. The minimum Gasteiger partial charge on any atom is -0.324 e. The van der Waals surface area contributed by atoms with Gasteiger partial charge in [-0.3, -0.25) is 29.1 Å². The number of nitrogens with zero attached hydrogens (tertiary/aromatic N) is 7. The third kappa shape index (κ3) is 4.46. The molecule has 200 valence electrons. The number of carbonyl (C=O) groups excluding carboxylic acids is 2. The van der Waals surface area contributed by atoms with E-state index in [1.807, 2.05) is 19.3 Å². The van der Waals surface area contributed by atoms with Gasteiger partial charge in [-0.1, -0.05) is 0 Å². The fourth-order valence-corrected chi connectivity index (χ4v) is 6.36. The van der Waals surface area contributed by atoms with Crippen molar-refractivity contribution in [3.8, 4) is 11.3 Å². The van der Waals surface area contributed by atoms with Crippen molar-refractivity contribution in [3.05, 3.63) is 54.0 Å². The summed E-state index contributed by atoms with van der Waals surface area (Å²) in [6.45, 7) is 4.14. The molecule has 7 rings (SSSR count). The molecule has 0 aromatic carbocycles. The molecule has 4 aromatic rings. The SMILES string of the molecule is Cc1ncc(NC(=O)CN2C[C@@H]3CC[C@H]2C3)cc1NC(=O)c1cnn2cc(-c3cnn4c3CCCC4)ncc12. The Morgan fingerprint density at radius 1 is 1.05 bits per heavy atom. The molecule has 6 heterocycles. The number of likely N-dealkylation sites (tertiary alicyclic amines) is 1. The monoisotopic (exact) mass is 525 g/mol. The number of aryl methyl sites for hydroxylation is 2. The van der Waals surface area contributed by atoms with Crippen LogP contribution in [0.15, 0.2) is 37.1 Å². The van der Waals surface area contributed by atoms with Gasteiger partial charge in [-0.05, 0) is 57.4 Å². The van der Waals surface area contributed by atoms with Crippen LogP contribution in [0.25, 0.3) is 16.8 Å². The number of nitrogens with one attached hydrogen (secondary N) is 2. The second-order valence-electron chi connectivity index (χ2n) is 11.0. The van der Waals surface area contributed by atoms with E-state index in [4.69, 9.17) is 0 Å². The average Bonchev–Trinajstić information content (AvgIpc) is 3.73. The fraction of sp³-hybridized carbons (Fsp3) is 0.429. The molecule has 2 amide bonds. The van der Waals surface area contributed by atoms with Crippen molar-refractivity contribution in [1.29, 1.82) is 0 Å². The molecule has 2 bridgehead atoms. The van der Waals surface area contributed by atoms with Gasteiger partial charge in [-0.25, -0.2) is 4.52 Å². The number of pyridine rings is 1. The summed E-state index contributed by atoms with van der Waals surface area (Å²) in [7, 11) is 0. The van der Waals surface area contributed by atoms with Gasteiger partial charge < -0.3 is 10.6 Å². The Labute approximate surface area is 225 Å². The summed E-state index contributed by atoms with van der Waals surface area (Å²) < 4.78 is 3.73. The Morgan fingerprint density at radius 3 is 2.82 bits per heavy atom. The summed E-state index contributed by atoms with van der Waals surface area (Å²) in [5, 5.41) is 14.8. The zero-order valence-corrected chi connectivity index (χ0v) is 21.9. The van der Waals surface area contributed by atoms with Gasteiger partial charge in [-0.15, -0.1) is 0 Å². The molecule has 11 heteroatoms. The number of anilines is 2. The summed E-state index contributed by atoms with van der Waals surface area (Å²) in [6.07, 6.45) is 15.5. The Bertz CT molecular complexity index is 1590.